The molecule has 0 aliphatic carbocycles. The molecule has 1 amide bonds. The van der Waals surface area contributed by atoms with Gasteiger partial charge in [-0.1, -0.05) is 12.1 Å². The lowest BCUT2D eigenvalue weighted by atomic mass is 10.0. The lowest BCUT2D eigenvalue weighted by Gasteiger charge is -2.16. The number of pyridine rings is 1. The largest absolute Gasteiger partial charge is 0.416 e. The second-order valence-corrected chi connectivity index (χ2v) is 7.58. The van der Waals surface area contributed by atoms with E-state index in [1.54, 1.807) is 0 Å². The van der Waals surface area contributed by atoms with Crippen LogP contribution in [0.4, 0.5) is 32.2 Å². The number of carbonyl (C=O) groups excluding carboxylic acids is 1. The number of rotatable bonds is 4. The van der Waals surface area contributed by atoms with E-state index in [9.17, 15) is 36.2 Å². The third-order valence-corrected chi connectivity index (χ3v) is 4.31. The van der Waals surface area contributed by atoms with Crippen LogP contribution in [-0.2, 0) is 17.1 Å². The van der Waals surface area contributed by atoms with Crippen molar-refractivity contribution in [1.29, 1.82) is 0 Å². The zero-order valence-electron chi connectivity index (χ0n) is 16.3. The molecule has 0 unspecified atom stereocenters. The molecule has 0 radical (unpaired) electrons. The van der Waals surface area contributed by atoms with Crippen molar-refractivity contribution in [1.82, 2.24) is 9.61 Å². The Morgan fingerprint density at radius 3 is 2.10 bits per heavy atom. The van der Waals surface area contributed by atoms with E-state index in [2.05, 4.69) is 10.4 Å². The van der Waals surface area contributed by atoms with Crippen LogP contribution in [0.3, 0.4) is 0 Å². The molecule has 0 atom stereocenters. The number of anilines is 1. The third kappa shape index (κ3) is 5.16. The summed E-state index contributed by atoms with van der Waals surface area (Å²) in [7, 11) is 0. The van der Waals surface area contributed by atoms with E-state index in [4.69, 9.17) is 0 Å². The first-order valence-corrected chi connectivity index (χ1v) is 8.94. The quantitative estimate of drug-likeness (QED) is 0.547. The number of aliphatic hydroxyl groups is 1. The van der Waals surface area contributed by atoms with Gasteiger partial charge in [0.1, 0.15) is 0 Å². The van der Waals surface area contributed by atoms with Crippen LogP contribution in [0.1, 0.15) is 31.4 Å². The average Bonchev–Trinajstić information content (AvgIpc) is 2.95. The average molecular weight is 445 g/mol. The van der Waals surface area contributed by atoms with Crippen LogP contribution in [0.15, 0.2) is 42.6 Å². The molecule has 5 nitrogen and oxygen atoms in total. The van der Waals surface area contributed by atoms with Crippen molar-refractivity contribution in [3.63, 3.8) is 0 Å². The topological polar surface area (TPSA) is 66.6 Å². The SMILES string of the molecule is CC(C)(O)CC(=O)Nc1nn2ccc(C(F)(F)F)cc2c1-c1ccc(C(F)(F)F)cc1. The number of amides is 1. The van der Waals surface area contributed by atoms with Crippen molar-refractivity contribution in [3.8, 4) is 11.1 Å². The Morgan fingerprint density at radius 2 is 1.58 bits per heavy atom. The van der Waals surface area contributed by atoms with Gasteiger partial charge in [0.25, 0.3) is 0 Å². The fourth-order valence-electron chi connectivity index (χ4n) is 2.99. The van der Waals surface area contributed by atoms with Crippen molar-refractivity contribution >= 4 is 17.2 Å². The second kappa shape index (κ2) is 7.56. The number of alkyl halides is 6. The molecule has 1 aromatic carbocycles. The van der Waals surface area contributed by atoms with Gasteiger partial charge in [-0.25, -0.2) is 4.52 Å². The van der Waals surface area contributed by atoms with Gasteiger partial charge in [0.2, 0.25) is 5.91 Å². The van der Waals surface area contributed by atoms with Gasteiger partial charge in [0.05, 0.1) is 34.2 Å². The van der Waals surface area contributed by atoms with Crippen LogP contribution < -0.4 is 5.32 Å². The number of hydrogen-bond donors (Lipinski definition) is 2. The maximum absolute atomic E-state index is 13.2. The predicted molar refractivity (Wildman–Crippen MR) is 100 cm³/mol. The Bertz CT molecular complexity index is 1110. The highest BCUT2D eigenvalue weighted by Crippen LogP contribution is 2.38. The molecule has 0 saturated carbocycles. The monoisotopic (exact) mass is 445 g/mol. The van der Waals surface area contributed by atoms with Crippen LogP contribution in [0, 0.1) is 0 Å². The zero-order valence-corrected chi connectivity index (χ0v) is 16.3. The molecule has 0 aliphatic heterocycles. The fourth-order valence-corrected chi connectivity index (χ4v) is 2.99. The van der Waals surface area contributed by atoms with Crippen LogP contribution >= 0.6 is 0 Å². The third-order valence-electron chi connectivity index (χ3n) is 4.31. The number of benzene rings is 1. The number of halogens is 6. The molecular formula is C20H17F6N3O2. The Kier molecular flexibility index (Phi) is 5.51. The standard InChI is InChI=1S/C20H17F6N3O2/c1-18(2,31)10-15(30)27-17-16(11-3-5-12(6-4-11)19(21,22)23)14-9-13(20(24,25)26)7-8-29(14)28-17/h3-9,31H,10H2,1-2H3,(H,27,28,30). The number of aromatic nitrogens is 2. The molecule has 3 rings (SSSR count). The minimum atomic E-state index is -4.66. The molecule has 31 heavy (non-hydrogen) atoms. The van der Waals surface area contributed by atoms with E-state index < -0.39 is 35.0 Å². The summed E-state index contributed by atoms with van der Waals surface area (Å²) < 4.78 is 79.3. The zero-order chi connectivity index (χ0) is 23.2. The summed E-state index contributed by atoms with van der Waals surface area (Å²) in [6, 6.07) is 5.34. The van der Waals surface area contributed by atoms with E-state index in [0.717, 1.165) is 47.1 Å². The Balaban J connectivity index is 2.15. The maximum Gasteiger partial charge on any atom is 0.416 e. The molecule has 2 heterocycles. The van der Waals surface area contributed by atoms with Gasteiger partial charge >= 0.3 is 12.4 Å². The number of hydrogen-bond acceptors (Lipinski definition) is 3. The molecule has 2 aromatic heterocycles. The highest BCUT2D eigenvalue weighted by atomic mass is 19.4. The molecule has 0 bridgehead atoms. The van der Waals surface area contributed by atoms with E-state index in [1.807, 2.05) is 0 Å². The summed E-state index contributed by atoms with van der Waals surface area (Å²) in [4.78, 5) is 12.3. The van der Waals surface area contributed by atoms with Crippen LogP contribution in [0.5, 0.6) is 0 Å². The second-order valence-electron chi connectivity index (χ2n) is 7.58. The van der Waals surface area contributed by atoms with Crippen molar-refractivity contribution in [3.05, 3.63) is 53.7 Å². The number of fused-ring (bicyclic) bond motifs is 1. The smallest absolute Gasteiger partial charge is 0.390 e. The van der Waals surface area contributed by atoms with E-state index in [-0.39, 0.29) is 28.9 Å². The minimum absolute atomic E-state index is 0.0175. The molecule has 0 aliphatic rings. The molecule has 0 spiro atoms. The predicted octanol–water partition coefficient (Wildman–Crippen LogP) is 5.14. The summed E-state index contributed by atoms with van der Waals surface area (Å²) in [6.45, 7) is 2.78. The summed E-state index contributed by atoms with van der Waals surface area (Å²) >= 11 is 0. The van der Waals surface area contributed by atoms with Crippen LogP contribution in [0.25, 0.3) is 16.6 Å². The number of nitrogens with one attached hydrogen (secondary N) is 1. The minimum Gasteiger partial charge on any atom is -0.390 e. The summed E-state index contributed by atoms with van der Waals surface area (Å²) in [5.74, 6) is -0.812. The fraction of sp³-hybridized carbons (Fsp3) is 0.300. The first kappa shape index (κ1) is 22.6. The molecule has 0 saturated heterocycles. The normalized spacial score (nSPS) is 12.9. The van der Waals surface area contributed by atoms with Crippen LogP contribution in [-0.4, -0.2) is 26.2 Å². The van der Waals surface area contributed by atoms with Gasteiger partial charge in [0.15, 0.2) is 5.82 Å². The van der Waals surface area contributed by atoms with Crippen molar-refractivity contribution < 1.29 is 36.2 Å². The molecule has 11 heteroatoms. The number of nitrogens with zero attached hydrogens (tertiary/aromatic N) is 2. The van der Waals surface area contributed by atoms with Gasteiger partial charge in [-0.3, -0.25) is 4.79 Å². The van der Waals surface area contributed by atoms with E-state index in [0.29, 0.717) is 0 Å². The first-order chi connectivity index (χ1) is 14.1. The Morgan fingerprint density at radius 1 is 1.00 bits per heavy atom. The Hall–Kier alpha value is -3.08. The van der Waals surface area contributed by atoms with Crippen molar-refractivity contribution in [2.75, 3.05) is 5.32 Å². The summed E-state index contributed by atoms with van der Waals surface area (Å²) in [6.07, 6.45) is -8.54. The van der Waals surface area contributed by atoms with Gasteiger partial charge in [-0.05, 0) is 43.7 Å². The molecule has 166 valence electrons. The van der Waals surface area contributed by atoms with Gasteiger partial charge in [-0.2, -0.15) is 26.3 Å². The maximum atomic E-state index is 13.2. The van der Waals surface area contributed by atoms with Crippen molar-refractivity contribution in [2.45, 2.75) is 38.2 Å². The van der Waals surface area contributed by atoms with Crippen LogP contribution in [0.2, 0.25) is 0 Å². The van der Waals surface area contributed by atoms with Crippen molar-refractivity contribution in [2.24, 2.45) is 0 Å². The number of carbonyl (C=O) groups is 1. The van der Waals surface area contributed by atoms with E-state index in [1.165, 1.54) is 13.8 Å². The first-order valence-electron chi connectivity index (χ1n) is 8.94. The molecular weight excluding hydrogens is 428 g/mol. The lowest BCUT2D eigenvalue weighted by Crippen LogP contribution is -2.27. The van der Waals surface area contributed by atoms with Gasteiger partial charge < -0.3 is 10.4 Å². The Labute approximate surface area is 172 Å². The molecule has 3 aromatic rings. The highest BCUT2D eigenvalue weighted by molar-refractivity contribution is 5.99. The highest BCUT2D eigenvalue weighted by Gasteiger charge is 2.33. The summed E-state index contributed by atoms with van der Waals surface area (Å²) in [5, 5.41) is 16.3. The molecule has 2 N–H and O–H groups in total. The van der Waals surface area contributed by atoms with E-state index >= 15 is 0 Å². The lowest BCUT2D eigenvalue weighted by molar-refractivity contribution is -0.138. The van der Waals surface area contributed by atoms with Gasteiger partial charge in [-0.15, -0.1) is 5.10 Å². The summed E-state index contributed by atoms with van der Waals surface area (Å²) in [5.41, 5.74) is -3.20. The van der Waals surface area contributed by atoms with Gasteiger partial charge in [0, 0.05) is 6.20 Å². The molecule has 0 fully saturated rings.